The molecule has 0 unspecified atom stereocenters. The average molecular weight is 1070 g/mol. The summed E-state index contributed by atoms with van der Waals surface area (Å²) in [5.41, 5.74) is 14.6. The van der Waals surface area contributed by atoms with Crippen molar-refractivity contribution in [1.29, 1.82) is 0 Å². The van der Waals surface area contributed by atoms with Gasteiger partial charge in [0.25, 0.3) is 0 Å². The lowest BCUT2D eigenvalue weighted by molar-refractivity contribution is 0.305. The van der Waals surface area contributed by atoms with Crippen molar-refractivity contribution >= 4 is 46.4 Å². The summed E-state index contributed by atoms with van der Waals surface area (Å²) in [6, 6.07) is 42.5. The second-order valence-electron chi connectivity index (χ2n) is 21.5. The molecule has 418 valence electrons. The topological polar surface area (TPSA) is 94.3 Å². The molecule has 9 rings (SSSR count). The van der Waals surface area contributed by atoms with E-state index in [4.69, 9.17) is 28.9 Å². The van der Waals surface area contributed by atoms with Crippen LogP contribution in [0.2, 0.25) is 0 Å². The highest BCUT2D eigenvalue weighted by Crippen LogP contribution is 2.44. The number of hydrogen-bond donors (Lipinski definition) is 2. The fourth-order valence-electron chi connectivity index (χ4n) is 11.1. The van der Waals surface area contributed by atoms with E-state index in [1.807, 2.05) is 0 Å². The van der Waals surface area contributed by atoms with Crippen LogP contribution in [0.3, 0.4) is 0 Å². The molecule has 0 fully saturated rings. The van der Waals surface area contributed by atoms with Crippen molar-refractivity contribution < 1.29 is 18.9 Å². The van der Waals surface area contributed by atoms with Crippen LogP contribution in [0, 0.1) is 0 Å². The number of aromatic nitrogens is 4. The van der Waals surface area contributed by atoms with Crippen molar-refractivity contribution in [2.24, 2.45) is 0 Å². The highest BCUT2D eigenvalue weighted by atomic mass is 16.5. The molecule has 2 N–H and O–H groups in total. The minimum atomic E-state index is 0.638. The molecule has 8 heteroatoms. The molecule has 0 radical (unpaired) electrons. The first-order chi connectivity index (χ1) is 39.6. The summed E-state index contributed by atoms with van der Waals surface area (Å²) in [6.07, 6.45) is 31.9. The fraction of sp³-hybridized carbons (Fsp3) is 0.389. The molecule has 0 amide bonds. The minimum absolute atomic E-state index is 0.638. The maximum atomic E-state index is 6.76. The molecule has 0 saturated heterocycles. The summed E-state index contributed by atoms with van der Waals surface area (Å²) >= 11 is 0. The predicted molar refractivity (Wildman–Crippen MR) is 338 cm³/mol. The minimum Gasteiger partial charge on any atom is -0.493 e. The Kier molecular flexibility index (Phi) is 21.7. The van der Waals surface area contributed by atoms with E-state index in [2.05, 4.69) is 183 Å². The molecular formula is C72H86N4O4. The summed E-state index contributed by atoms with van der Waals surface area (Å²) in [5, 5.41) is 0. The van der Waals surface area contributed by atoms with E-state index >= 15 is 0 Å². The van der Waals surface area contributed by atoms with E-state index in [0.29, 0.717) is 26.4 Å². The SMILES string of the molecule is CCCCCCCOc1ccccc1-c1c2nc(c(-c3ccccc3OCCCCCCC)c3ccc([nH]3)c(-c3ccccc3OCCCCCCC)c3nc(c(-c4ccccc4OCCCCCCC)c4ccc1[nH]4)C=C3)C=C2. The van der Waals surface area contributed by atoms with Crippen LogP contribution in [0.15, 0.2) is 121 Å². The normalized spacial score (nSPS) is 11.8. The molecule has 4 aromatic carbocycles. The van der Waals surface area contributed by atoms with E-state index in [1.54, 1.807) is 0 Å². The number of nitrogens with zero attached hydrogens (tertiary/aromatic N) is 2. The predicted octanol–water partition coefficient (Wildman–Crippen LogP) is 20.7. The molecule has 2 aliphatic rings. The number of nitrogens with one attached hydrogen (secondary N) is 2. The van der Waals surface area contributed by atoms with Gasteiger partial charge >= 0.3 is 0 Å². The van der Waals surface area contributed by atoms with E-state index in [0.717, 1.165) is 164 Å². The van der Waals surface area contributed by atoms with Crippen LogP contribution >= 0.6 is 0 Å². The Labute approximate surface area is 477 Å². The molecule has 2 aliphatic heterocycles. The smallest absolute Gasteiger partial charge is 0.127 e. The third kappa shape index (κ3) is 14.7. The number of unbranched alkanes of at least 4 members (excludes halogenated alkanes) is 16. The molecule has 80 heavy (non-hydrogen) atoms. The fourth-order valence-corrected chi connectivity index (χ4v) is 11.1. The molecule has 0 spiro atoms. The second-order valence-corrected chi connectivity index (χ2v) is 21.5. The van der Waals surface area contributed by atoms with Crippen LogP contribution in [-0.2, 0) is 0 Å². The Morgan fingerprint density at radius 3 is 0.738 bits per heavy atom. The monoisotopic (exact) mass is 1070 g/mol. The first-order valence-corrected chi connectivity index (χ1v) is 30.6. The maximum absolute atomic E-state index is 6.76. The molecule has 0 atom stereocenters. The summed E-state index contributed by atoms with van der Waals surface area (Å²) in [6.45, 7) is 11.6. The van der Waals surface area contributed by atoms with Crippen LogP contribution in [0.25, 0.3) is 90.9 Å². The molecule has 8 bridgehead atoms. The second kappa shape index (κ2) is 30.3. The van der Waals surface area contributed by atoms with Gasteiger partial charge in [-0.2, -0.15) is 0 Å². The van der Waals surface area contributed by atoms with E-state index in [1.165, 1.54) is 77.0 Å². The number of fused-ring (bicyclic) bond motifs is 8. The Bertz CT molecular complexity index is 2900. The van der Waals surface area contributed by atoms with Gasteiger partial charge in [-0.3, -0.25) is 0 Å². The lowest BCUT2D eigenvalue weighted by Crippen LogP contribution is -2.00. The zero-order valence-corrected chi connectivity index (χ0v) is 48.4. The number of aromatic amines is 2. The van der Waals surface area contributed by atoms with Gasteiger partial charge in [-0.05, 0) is 98.5 Å². The third-order valence-corrected chi connectivity index (χ3v) is 15.4. The first-order valence-electron chi connectivity index (χ1n) is 30.6. The Morgan fingerprint density at radius 1 is 0.275 bits per heavy atom. The number of ether oxygens (including phenoxy) is 4. The zero-order chi connectivity index (χ0) is 55.1. The number of hydrogen-bond acceptors (Lipinski definition) is 6. The van der Waals surface area contributed by atoms with Gasteiger partial charge in [-0.25, -0.2) is 9.97 Å². The molecule has 5 heterocycles. The molecular weight excluding hydrogens is 985 g/mol. The summed E-state index contributed by atoms with van der Waals surface area (Å²) in [5.74, 6) is 3.32. The van der Waals surface area contributed by atoms with E-state index in [9.17, 15) is 0 Å². The van der Waals surface area contributed by atoms with Gasteiger partial charge in [0.1, 0.15) is 23.0 Å². The van der Waals surface area contributed by atoms with Crippen molar-refractivity contribution in [3.05, 3.63) is 144 Å². The van der Waals surface area contributed by atoms with Crippen LogP contribution in [0.4, 0.5) is 0 Å². The average Bonchev–Trinajstić information content (AvgIpc) is 4.40. The maximum Gasteiger partial charge on any atom is 0.127 e. The molecule has 8 nitrogen and oxygen atoms in total. The van der Waals surface area contributed by atoms with Gasteiger partial charge in [0.15, 0.2) is 0 Å². The Hall–Kier alpha value is -7.32. The summed E-state index contributed by atoms with van der Waals surface area (Å²) < 4.78 is 27.0. The molecule has 3 aromatic heterocycles. The van der Waals surface area contributed by atoms with Gasteiger partial charge in [-0.15, -0.1) is 0 Å². The van der Waals surface area contributed by atoms with Crippen LogP contribution in [0.5, 0.6) is 23.0 Å². The van der Waals surface area contributed by atoms with Gasteiger partial charge < -0.3 is 28.9 Å². The van der Waals surface area contributed by atoms with Gasteiger partial charge in [-0.1, -0.05) is 203 Å². The van der Waals surface area contributed by atoms with Crippen molar-refractivity contribution in [2.75, 3.05) is 26.4 Å². The van der Waals surface area contributed by atoms with E-state index < -0.39 is 0 Å². The Morgan fingerprint density at radius 2 is 0.500 bits per heavy atom. The highest BCUT2D eigenvalue weighted by molar-refractivity contribution is 6.01. The third-order valence-electron chi connectivity index (χ3n) is 15.4. The van der Waals surface area contributed by atoms with Crippen molar-refractivity contribution in [1.82, 2.24) is 19.9 Å². The highest BCUT2D eigenvalue weighted by Gasteiger charge is 2.23. The van der Waals surface area contributed by atoms with Gasteiger partial charge in [0.2, 0.25) is 0 Å². The van der Waals surface area contributed by atoms with Crippen molar-refractivity contribution in [3.8, 4) is 67.5 Å². The van der Waals surface area contributed by atoms with Crippen LogP contribution in [0.1, 0.15) is 179 Å². The molecule has 0 saturated carbocycles. The largest absolute Gasteiger partial charge is 0.493 e. The van der Waals surface area contributed by atoms with Crippen molar-refractivity contribution in [3.63, 3.8) is 0 Å². The van der Waals surface area contributed by atoms with Crippen molar-refractivity contribution in [2.45, 2.75) is 156 Å². The van der Waals surface area contributed by atoms with E-state index in [-0.39, 0.29) is 0 Å². The number of para-hydroxylation sites is 4. The zero-order valence-electron chi connectivity index (χ0n) is 48.4. The summed E-state index contributed by atoms with van der Waals surface area (Å²) in [4.78, 5) is 19.4. The first kappa shape index (κ1) is 57.4. The van der Waals surface area contributed by atoms with Crippen LogP contribution < -0.4 is 18.9 Å². The van der Waals surface area contributed by atoms with Gasteiger partial charge in [0, 0.05) is 66.6 Å². The molecule has 0 aliphatic carbocycles. The lowest BCUT2D eigenvalue weighted by atomic mass is 10.0. The lowest BCUT2D eigenvalue weighted by Gasteiger charge is -2.14. The number of rotatable bonds is 32. The summed E-state index contributed by atoms with van der Waals surface area (Å²) in [7, 11) is 0. The van der Waals surface area contributed by atoms with Gasteiger partial charge in [0.05, 0.1) is 49.2 Å². The molecule has 7 aromatic rings. The number of H-pyrrole nitrogens is 2. The quantitative estimate of drug-likeness (QED) is 0.0408. The Balaban J connectivity index is 1.31. The number of benzene rings is 4. The van der Waals surface area contributed by atoms with Crippen LogP contribution in [-0.4, -0.2) is 46.4 Å². The standard InChI is InChI=1S/C72H86N4O4/c1-5-9-13-17-29-49-77-65-37-25-21-33-53(65)69-57-41-43-59(73-57)70(54-34-22-26-38-66(54)78-50-30-18-14-10-6-2)61-45-47-63(75-61)72(56-36-24-28-40-68(56)80-52-32-20-16-12-8-4)64-48-46-62(76-64)71(60-44-42-58(69)74-60)55-35-23-27-39-67(55)79-51-31-19-15-11-7-3/h21-28,33-48,73,76H,5-20,29-32,49-52H2,1-4H3.